The van der Waals surface area contributed by atoms with Crippen LogP contribution in [0.5, 0.6) is 0 Å². The van der Waals surface area contributed by atoms with E-state index in [1.165, 1.54) is 12.1 Å². The SMILES string of the molecule is CCS(=O)(=O)c1ccc(NC(=O)C(C)(C)CN)cc1. The molecule has 106 valence electrons. The topological polar surface area (TPSA) is 89.3 Å². The van der Waals surface area contributed by atoms with Crippen molar-refractivity contribution in [3.05, 3.63) is 24.3 Å². The van der Waals surface area contributed by atoms with Crippen molar-refractivity contribution in [2.75, 3.05) is 17.6 Å². The lowest BCUT2D eigenvalue weighted by Crippen LogP contribution is -2.37. The number of nitrogens with one attached hydrogen (secondary N) is 1. The first kappa shape index (κ1) is 15.7. The number of carbonyl (C=O) groups is 1. The van der Waals surface area contributed by atoms with Crippen molar-refractivity contribution in [1.29, 1.82) is 0 Å². The molecule has 1 rings (SSSR count). The monoisotopic (exact) mass is 284 g/mol. The number of sulfone groups is 1. The Bertz CT molecular complexity index is 548. The molecule has 0 fully saturated rings. The third kappa shape index (κ3) is 3.78. The Morgan fingerprint density at radius 3 is 2.21 bits per heavy atom. The molecule has 19 heavy (non-hydrogen) atoms. The summed E-state index contributed by atoms with van der Waals surface area (Å²) >= 11 is 0. The van der Waals surface area contributed by atoms with Gasteiger partial charge in [-0.05, 0) is 38.1 Å². The molecule has 0 aliphatic rings. The van der Waals surface area contributed by atoms with Crippen molar-refractivity contribution in [2.45, 2.75) is 25.7 Å². The molecule has 0 heterocycles. The molecule has 3 N–H and O–H groups in total. The molecular weight excluding hydrogens is 264 g/mol. The van der Waals surface area contributed by atoms with Gasteiger partial charge in [0.15, 0.2) is 9.84 Å². The molecule has 0 aliphatic heterocycles. The van der Waals surface area contributed by atoms with Crippen molar-refractivity contribution in [3.8, 4) is 0 Å². The van der Waals surface area contributed by atoms with E-state index in [1.54, 1.807) is 32.9 Å². The van der Waals surface area contributed by atoms with Gasteiger partial charge in [0.2, 0.25) is 5.91 Å². The van der Waals surface area contributed by atoms with Gasteiger partial charge < -0.3 is 11.1 Å². The third-order valence-electron chi connectivity index (χ3n) is 2.98. The van der Waals surface area contributed by atoms with Gasteiger partial charge in [-0.25, -0.2) is 8.42 Å². The Morgan fingerprint density at radius 1 is 1.26 bits per heavy atom. The summed E-state index contributed by atoms with van der Waals surface area (Å²) in [6.07, 6.45) is 0. The molecule has 6 heteroatoms. The van der Waals surface area contributed by atoms with Gasteiger partial charge in [-0.1, -0.05) is 6.92 Å². The van der Waals surface area contributed by atoms with Crippen LogP contribution in [-0.4, -0.2) is 26.6 Å². The van der Waals surface area contributed by atoms with Crippen LogP contribution in [0, 0.1) is 5.41 Å². The van der Waals surface area contributed by atoms with Gasteiger partial charge in [0, 0.05) is 12.2 Å². The quantitative estimate of drug-likeness (QED) is 0.855. The lowest BCUT2D eigenvalue weighted by Gasteiger charge is -2.21. The first-order chi connectivity index (χ1) is 8.73. The maximum absolute atomic E-state index is 11.9. The van der Waals surface area contributed by atoms with Crippen molar-refractivity contribution in [3.63, 3.8) is 0 Å². The van der Waals surface area contributed by atoms with Crippen LogP contribution in [0.15, 0.2) is 29.2 Å². The Kier molecular flexibility index (Phi) is 4.70. The van der Waals surface area contributed by atoms with Crippen LogP contribution >= 0.6 is 0 Å². The minimum atomic E-state index is -3.21. The van der Waals surface area contributed by atoms with E-state index >= 15 is 0 Å². The Morgan fingerprint density at radius 2 is 1.79 bits per heavy atom. The molecule has 0 radical (unpaired) electrons. The zero-order chi connectivity index (χ0) is 14.7. The molecule has 0 aliphatic carbocycles. The molecule has 1 aromatic carbocycles. The van der Waals surface area contributed by atoms with E-state index in [9.17, 15) is 13.2 Å². The normalized spacial score (nSPS) is 12.2. The van der Waals surface area contributed by atoms with Crippen molar-refractivity contribution in [1.82, 2.24) is 0 Å². The molecule has 0 atom stereocenters. The summed E-state index contributed by atoms with van der Waals surface area (Å²) in [5.41, 5.74) is 5.42. The van der Waals surface area contributed by atoms with Gasteiger partial charge in [0.25, 0.3) is 0 Å². The van der Waals surface area contributed by atoms with Gasteiger partial charge in [-0.3, -0.25) is 4.79 Å². The molecule has 0 aromatic heterocycles. The smallest absolute Gasteiger partial charge is 0.231 e. The van der Waals surface area contributed by atoms with E-state index in [-0.39, 0.29) is 23.1 Å². The maximum Gasteiger partial charge on any atom is 0.231 e. The summed E-state index contributed by atoms with van der Waals surface area (Å²) in [7, 11) is -3.21. The van der Waals surface area contributed by atoms with Crippen molar-refractivity contribution in [2.24, 2.45) is 11.1 Å². The average Bonchev–Trinajstić information content (AvgIpc) is 2.39. The molecule has 0 saturated carbocycles. The first-order valence-corrected chi connectivity index (χ1v) is 7.72. The molecule has 1 aromatic rings. The number of hydrogen-bond acceptors (Lipinski definition) is 4. The highest BCUT2D eigenvalue weighted by Crippen LogP contribution is 2.19. The number of carbonyl (C=O) groups excluding carboxylic acids is 1. The molecule has 0 bridgehead atoms. The third-order valence-corrected chi connectivity index (χ3v) is 4.73. The van der Waals surface area contributed by atoms with Crippen LogP contribution in [0.3, 0.4) is 0 Å². The molecule has 0 unspecified atom stereocenters. The molecular formula is C13H20N2O3S. The van der Waals surface area contributed by atoms with Crippen LogP contribution in [0.1, 0.15) is 20.8 Å². The van der Waals surface area contributed by atoms with Crippen LogP contribution in [0.2, 0.25) is 0 Å². The summed E-state index contributed by atoms with van der Waals surface area (Å²) in [4.78, 5) is 12.1. The number of nitrogens with two attached hydrogens (primary N) is 1. The first-order valence-electron chi connectivity index (χ1n) is 6.07. The molecule has 0 saturated heterocycles. The highest BCUT2D eigenvalue weighted by Gasteiger charge is 2.25. The van der Waals surface area contributed by atoms with Gasteiger partial charge in [0.1, 0.15) is 0 Å². The van der Waals surface area contributed by atoms with Crippen molar-refractivity contribution >= 4 is 21.4 Å². The average molecular weight is 284 g/mol. The predicted molar refractivity (Wildman–Crippen MR) is 75.6 cm³/mol. The van der Waals surface area contributed by atoms with Gasteiger partial charge in [-0.15, -0.1) is 0 Å². The molecule has 1 amide bonds. The minimum absolute atomic E-state index is 0.0545. The van der Waals surface area contributed by atoms with Crippen LogP contribution in [-0.2, 0) is 14.6 Å². The second-order valence-electron chi connectivity index (χ2n) is 4.97. The fourth-order valence-electron chi connectivity index (χ4n) is 1.31. The zero-order valence-corrected chi connectivity index (χ0v) is 12.3. The van der Waals surface area contributed by atoms with Crippen molar-refractivity contribution < 1.29 is 13.2 Å². The van der Waals surface area contributed by atoms with E-state index in [0.717, 1.165) is 0 Å². The summed E-state index contributed by atoms with van der Waals surface area (Å²) in [5, 5.41) is 2.72. The standard InChI is InChI=1S/C13H20N2O3S/c1-4-19(17,18)11-7-5-10(6-8-11)15-12(16)13(2,3)9-14/h5-8H,4,9,14H2,1-3H3,(H,15,16). The largest absolute Gasteiger partial charge is 0.329 e. The van der Waals surface area contributed by atoms with Gasteiger partial charge in [-0.2, -0.15) is 0 Å². The molecule has 5 nitrogen and oxygen atoms in total. The minimum Gasteiger partial charge on any atom is -0.329 e. The Labute approximate surface area is 114 Å². The van der Waals surface area contributed by atoms with E-state index in [2.05, 4.69) is 5.32 Å². The number of amides is 1. The van der Waals surface area contributed by atoms with E-state index < -0.39 is 15.3 Å². The zero-order valence-electron chi connectivity index (χ0n) is 11.4. The summed E-state index contributed by atoms with van der Waals surface area (Å²) in [5.74, 6) is -0.139. The van der Waals surface area contributed by atoms with E-state index in [4.69, 9.17) is 5.73 Å². The number of anilines is 1. The fraction of sp³-hybridized carbons (Fsp3) is 0.462. The highest BCUT2D eigenvalue weighted by atomic mass is 32.2. The maximum atomic E-state index is 11.9. The van der Waals surface area contributed by atoms with Crippen LogP contribution < -0.4 is 11.1 Å². The summed E-state index contributed by atoms with van der Waals surface area (Å²) in [6, 6.07) is 6.13. The predicted octanol–water partition coefficient (Wildman–Crippen LogP) is 1.40. The second-order valence-corrected chi connectivity index (χ2v) is 7.25. The van der Waals surface area contributed by atoms with Gasteiger partial charge >= 0.3 is 0 Å². The van der Waals surface area contributed by atoms with E-state index in [0.29, 0.717) is 5.69 Å². The lowest BCUT2D eigenvalue weighted by molar-refractivity contribution is -0.123. The van der Waals surface area contributed by atoms with Crippen LogP contribution in [0.4, 0.5) is 5.69 Å². The fourth-order valence-corrected chi connectivity index (χ4v) is 2.19. The lowest BCUT2D eigenvalue weighted by atomic mass is 9.92. The number of rotatable bonds is 5. The number of benzene rings is 1. The second kappa shape index (κ2) is 5.71. The Hall–Kier alpha value is -1.40. The van der Waals surface area contributed by atoms with Gasteiger partial charge in [0.05, 0.1) is 16.1 Å². The summed E-state index contributed by atoms with van der Waals surface area (Å²) < 4.78 is 23.3. The highest BCUT2D eigenvalue weighted by molar-refractivity contribution is 7.91. The van der Waals surface area contributed by atoms with E-state index in [1.807, 2.05) is 0 Å². The van der Waals surface area contributed by atoms with Crippen LogP contribution in [0.25, 0.3) is 0 Å². The molecule has 0 spiro atoms. The summed E-state index contributed by atoms with van der Waals surface area (Å²) in [6.45, 7) is 5.33. The Balaban J connectivity index is 2.87. The number of hydrogen-bond donors (Lipinski definition) is 2.